The molecule has 26 heavy (non-hydrogen) atoms. The number of aryl methyl sites for hydroxylation is 1. The molecule has 0 saturated carbocycles. The molecule has 0 fully saturated rings. The second-order valence-corrected chi connectivity index (χ2v) is 7.13. The van der Waals surface area contributed by atoms with E-state index in [9.17, 15) is 9.90 Å². The Hall–Kier alpha value is -2.60. The van der Waals surface area contributed by atoms with Gasteiger partial charge in [-0.1, -0.05) is 19.9 Å². The van der Waals surface area contributed by atoms with Crippen LogP contribution in [0.2, 0.25) is 0 Å². The van der Waals surface area contributed by atoms with Gasteiger partial charge in [0.05, 0.1) is 7.11 Å². The molecule has 0 aliphatic carbocycles. The molecule has 136 valence electrons. The van der Waals surface area contributed by atoms with Crippen LogP contribution >= 0.6 is 11.9 Å². The molecule has 6 heteroatoms. The molecule has 0 saturated heterocycles. The zero-order valence-corrected chi connectivity index (χ0v) is 15.9. The van der Waals surface area contributed by atoms with Crippen LogP contribution in [0.4, 0.5) is 5.69 Å². The van der Waals surface area contributed by atoms with Crippen LogP contribution in [0.1, 0.15) is 41.3 Å². The first-order valence-electron chi connectivity index (χ1n) is 8.28. The second-order valence-electron chi connectivity index (χ2n) is 6.35. The molecule has 0 atom stereocenters. The fourth-order valence-electron chi connectivity index (χ4n) is 2.66. The number of hydrogen-bond acceptors (Lipinski definition) is 6. The van der Waals surface area contributed by atoms with Crippen LogP contribution in [-0.4, -0.2) is 18.2 Å². The van der Waals surface area contributed by atoms with Gasteiger partial charge in [0.2, 0.25) is 0 Å². The highest BCUT2D eigenvalue weighted by Gasteiger charge is 2.14. The summed E-state index contributed by atoms with van der Waals surface area (Å²) in [5.41, 5.74) is 3.97. The molecule has 2 N–H and O–H groups in total. The molecular weight excluding hydrogens is 350 g/mol. The number of methoxy groups -OCH3 is 1. The van der Waals surface area contributed by atoms with Gasteiger partial charge in [0.25, 0.3) is 0 Å². The monoisotopic (exact) mass is 371 g/mol. The normalized spacial score (nSPS) is 11.1. The molecular formula is C20H21NO4S. The summed E-state index contributed by atoms with van der Waals surface area (Å²) in [6.45, 7) is 6.36. The average Bonchev–Trinajstić information content (AvgIpc) is 2.94. The van der Waals surface area contributed by atoms with Crippen LogP contribution in [0.25, 0.3) is 11.0 Å². The number of phenols is 1. The Balaban J connectivity index is 1.80. The SMILES string of the molecule is COC(=O)c1ccc(NSc2oc3ccc(C(C)C)cc3c2C)cc1O. The van der Waals surface area contributed by atoms with Crippen LogP contribution in [0, 0.1) is 6.92 Å². The van der Waals surface area contributed by atoms with E-state index in [0.29, 0.717) is 11.6 Å². The fraction of sp³-hybridized carbons (Fsp3) is 0.250. The molecule has 1 heterocycles. The zero-order chi connectivity index (χ0) is 18.8. The van der Waals surface area contributed by atoms with E-state index in [2.05, 4.69) is 35.4 Å². The lowest BCUT2D eigenvalue weighted by atomic mass is 10.0. The summed E-state index contributed by atoms with van der Waals surface area (Å²) in [4.78, 5) is 11.5. The van der Waals surface area contributed by atoms with Crippen molar-refractivity contribution in [2.45, 2.75) is 31.8 Å². The summed E-state index contributed by atoms with van der Waals surface area (Å²) < 4.78 is 13.7. The van der Waals surface area contributed by atoms with Gasteiger partial charge in [0, 0.05) is 34.7 Å². The van der Waals surface area contributed by atoms with Crippen molar-refractivity contribution in [1.29, 1.82) is 0 Å². The highest BCUT2D eigenvalue weighted by Crippen LogP contribution is 2.35. The molecule has 0 bridgehead atoms. The van der Waals surface area contributed by atoms with Gasteiger partial charge in [0.1, 0.15) is 16.9 Å². The summed E-state index contributed by atoms with van der Waals surface area (Å²) in [5, 5.41) is 11.8. The minimum Gasteiger partial charge on any atom is -0.507 e. The molecule has 3 aromatic rings. The predicted molar refractivity (Wildman–Crippen MR) is 104 cm³/mol. The third-order valence-electron chi connectivity index (χ3n) is 4.25. The van der Waals surface area contributed by atoms with E-state index in [4.69, 9.17) is 4.42 Å². The van der Waals surface area contributed by atoms with Gasteiger partial charge < -0.3 is 19.0 Å². The van der Waals surface area contributed by atoms with Crippen LogP contribution in [0.15, 0.2) is 45.9 Å². The van der Waals surface area contributed by atoms with Gasteiger partial charge in [0.15, 0.2) is 5.09 Å². The summed E-state index contributed by atoms with van der Waals surface area (Å²) in [6, 6.07) is 11.0. The number of fused-ring (bicyclic) bond motifs is 1. The maximum absolute atomic E-state index is 11.5. The van der Waals surface area contributed by atoms with Crippen LogP contribution in [0.3, 0.4) is 0 Å². The molecule has 3 rings (SSSR count). The lowest BCUT2D eigenvalue weighted by Crippen LogP contribution is -2.01. The zero-order valence-electron chi connectivity index (χ0n) is 15.1. The number of benzene rings is 2. The number of furan rings is 1. The smallest absolute Gasteiger partial charge is 0.341 e. The van der Waals surface area contributed by atoms with Crippen molar-refractivity contribution in [3.8, 4) is 5.75 Å². The Morgan fingerprint density at radius 3 is 2.65 bits per heavy atom. The number of ether oxygens (including phenoxy) is 1. The van der Waals surface area contributed by atoms with Crippen molar-refractivity contribution in [3.63, 3.8) is 0 Å². The lowest BCUT2D eigenvalue weighted by Gasteiger charge is -2.07. The molecule has 0 amide bonds. The van der Waals surface area contributed by atoms with Gasteiger partial charge >= 0.3 is 5.97 Å². The molecule has 0 radical (unpaired) electrons. The molecule has 5 nitrogen and oxygen atoms in total. The van der Waals surface area contributed by atoms with Crippen molar-refractivity contribution >= 4 is 34.6 Å². The Morgan fingerprint density at radius 1 is 1.23 bits per heavy atom. The topological polar surface area (TPSA) is 71.7 Å². The molecule has 0 aliphatic heterocycles. The molecule has 0 unspecified atom stereocenters. The Kier molecular flexibility index (Phi) is 5.13. The number of esters is 1. The Labute approximate surface area is 156 Å². The van der Waals surface area contributed by atoms with E-state index in [-0.39, 0.29) is 11.3 Å². The number of phenolic OH excluding ortho intramolecular Hbond substituents is 1. The van der Waals surface area contributed by atoms with E-state index in [1.165, 1.54) is 36.8 Å². The summed E-state index contributed by atoms with van der Waals surface area (Å²) in [7, 11) is 1.28. The number of rotatable bonds is 5. The Morgan fingerprint density at radius 2 is 2.00 bits per heavy atom. The van der Waals surface area contributed by atoms with Crippen molar-refractivity contribution in [2.24, 2.45) is 0 Å². The van der Waals surface area contributed by atoms with Gasteiger partial charge in [-0.2, -0.15) is 0 Å². The van der Waals surface area contributed by atoms with Crippen LogP contribution < -0.4 is 4.72 Å². The summed E-state index contributed by atoms with van der Waals surface area (Å²) in [6.07, 6.45) is 0. The predicted octanol–water partition coefficient (Wildman–Crippen LogP) is 5.48. The minimum absolute atomic E-state index is 0.129. The second kappa shape index (κ2) is 7.33. The van der Waals surface area contributed by atoms with E-state index in [1.807, 2.05) is 13.0 Å². The number of anilines is 1. The lowest BCUT2D eigenvalue weighted by molar-refractivity contribution is 0.0597. The summed E-state index contributed by atoms with van der Waals surface area (Å²) in [5.74, 6) is -0.250. The van der Waals surface area contributed by atoms with Gasteiger partial charge in [-0.05, 0) is 42.7 Å². The molecule has 2 aromatic carbocycles. The maximum Gasteiger partial charge on any atom is 0.341 e. The fourth-order valence-corrected chi connectivity index (χ4v) is 3.39. The van der Waals surface area contributed by atoms with Crippen molar-refractivity contribution in [1.82, 2.24) is 0 Å². The largest absolute Gasteiger partial charge is 0.507 e. The highest BCUT2D eigenvalue weighted by atomic mass is 32.2. The average molecular weight is 371 g/mol. The molecule has 1 aromatic heterocycles. The molecule has 0 spiro atoms. The third kappa shape index (κ3) is 3.51. The third-order valence-corrected chi connectivity index (χ3v) is 5.16. The van der Waals surface area contributed by atoms with E-state index in [1.54, 1.807) is 6.07 Å². The first-order valence-corrected chi connectivity index (χ1v) is 9.09. The summed E-state index contributed by atoms with van der Waals surface area (Å²) >= 11 is 1.32. The van der Waals surface area contributed by atoms with E-state index in [0.717, 1.165) is 21.6 Å². The Bertz CT molecular complexity index is 962. The van der Waals surface area contributed by atoms with Crippen molar-refractivity contribution < 1.29 is 19.1 Å². The maximum atomic E-state index is 11.5. The number of carbonyl (C=O) groups is 1. The number of aromatic hydroxyl groups is 1. The van der Waals surface area contributed by atoms with Crippen LogP contribution in [0.5, 0.6) is 5.75 Å². The van der Waals surface area contributed by atoms with Gasteiger partial charge in [-0.3, -0.25) is 0 Å². The number of nitrogens with one attached hydrogen (secondary N) is 1. The molecule has 0 aliphatic rings. The quantitative estimate of drug-likeness (QED) is 0.457. The standard InChI is InChI=1S/C20H21NO4S/c1-11(2)13-5-8-18-16(9-13)12(3)20(25-18)26-21-14-6-7-15(17(22)10-14)19(23)24-4/h5-11,21-22H,1-4H3. The van der Waals surface area contributed by atoms with Gasteiger partial charge in [-0.15, -0.1) is 0 Å². The first-order chi connectivity index (χ1) is 12.4. The van der Waals surface area contributed by atoms with Crippen LogP contribution in [-0.2, 0) is 4.74 Å². The van der Waals surface area contributed by atoms with Gasteiger partial charge in [-0.25, -0.2) is 4.79 Å². The van der Waals surface area contributed by atoms with Crippen molar-refractivity contribution in [2.75, 3.05) is 11.8 Å². The first kappa shape index (κ1) is 18.2. The van der Waals surface area contributed by atoms with E-state index >= 15 is 0 Å². The highest BCUT2D eigenvalue weighted by molar-refractivity contribution is 8.00. The minimum atomic E-state index is -0.573. The number of hydrogen-bond donors (Lipinski definition) is 2. The number of carbonyl (C=O) groups excluding carboxylic acids is 1. The van der Waals surface area contributed by atoms with E-state index < -0.39 is 5.97 Å². The van der Waals surface area contributed by atoms with Crippen molar-refractivity contribution in [3.05, 3.63) is 53.1 Å².